The summed E-state index contributed by atoms with van der Waals surface area (Å²) in [5.74, 6) is 0. The number of carboxylic acid groups (broad SMARTS) is 1. The van der Waals surface area contributed by atoms with Crippen molar-refractivity contribution in [2.24, 2.45) is 0 Å². The molecular weight excluding hydrogens is 454 g/mol. The summed E-state index contributed by atoms with van der Waals surface area (Å²) in [4.78, 5) is 23.9. The van der Waals surface area contributed by atoms with Crippen molar-refractivity contribution in [2.45, 2.75) is 36.2 Å². The number of hydrogen-bond acceptors (Lipinski definition) is 8. The third kappa shape index (κ3) is 2.93. The summed E-state index contributed by atoms with van der Waals surface area (Å²) in [6.45, 7) is 1.94. The molecule has 0 aliphatic carbocycles. The first-order chi connectivity index (χ1) is 15.4. The van der Waals surface area contributed by atoms with Crippen molar-refractivity contribution in [1.29, 1.82) is 0 Å². The number of oxazole rings is 1. The summed E-state index contributed by atoms with van der Waals surface area (Å²) in [5.41, 5.74) is 1.39. The molecule has 2 bridgehead atoms. The predicted octanol–water partition coefficient (Wildman–Crippen LogP) is 2.68. The molecule has 32 heavy (non-hydrogen) atoms. The molecule has 4 fully saturated rings. The molecule has 4 aliphatic rings. The van der Waals surface area contributed by atoms with Gasteiger partial charge in [-0.15, -0.1) is 11.3 Å². The second kappa shape index (κ2) is 7.15. The minimum Gasteiger partial charge on any atom is -0.465 e. The Labute approximate surface area is 188 Å². The maximum absolute atomic E-state index is 13.4. The normalized spacial score (nSPS) is 23.6. The number of piperidine rings is 1. The van der Waals surface area contributed by atoms with E-state index in [0.29, 0.717) is 48.9 Å². The van der Waals surface area contributed by atoms with Crippen molar-refractivity contribution in [3.63, 3.8) is 0 Å². The Bertz CT molecular complexity index is 1290. The molecule has 1 amide bonds. The summed E-state index contributed by atoms with van der Waals surface area (Å²) in [6.07, 6.45) is 3.30. The van der Waals surface area contributed by atoms with Gasteiger partial charge in [-0.2, -0.15) is 9.29 Å². The van der Waals surface area contributed by atoms with Gasteiger partial charge in [0.15, 0.2) is 5.58 Å². The fraction of sp³-hybridized carbons (Fsp3) is 0.450. The van der Waals surface area contributed by atoms with E-state index in [4.69, 9.17) is 4.42 Å². The number of aromatic nitrogens is 2. The molecular formula is C20H21N5O5S2. The van der Waals surface area contributed by atoms with Crippen molar-refractivity contribution in [3.8, 4) is 10.6 Å². The van der Waals surface area contributed by atoms with E-state index in [-0.39, 0.29) is 17.0 Å². The highest BCUT2D eigenvalue weighted by Crippen LogP contribution is 2.40. The van der Waals surface area contributed by atoms with E-state index in [1.165, 1.54) is 20.5 Å². The Morgan fingerprint density at radius 2 is 1.94 bits per heavy atom. The van der Waals surface area contributed by atoms with Crippen molar-refractivity contribution in [2.75, 3.05) is 31.1 Å². The Kier molecular flexibility index (Phi) is 4.46. The summed E-state index contributed by atoms with van der Waals surface area (Å²) < 4.78 is 34.4. The number of amides is 1. The first kappa shape index (κ1) is 19.9. The second-order valence-electron chi connectivity index (χ2n) is 8.37. The maximum Gasteiger partial charge on any atom is 0.407 e. The lowest BCUT2D eigenvalue weighted by molar-refractivity contribution is 0.0101. The molecule has 4 aliphatic heterocycles. The van der Waals surface area contributed by atoms with Crippen LogP contribution in [0, 0.1) is 0 Å². The van der Waals surface area contributed by atoms with Crippen LogP contribution >= 0.6 is 11.3 Å². The van der Waals surface area contributed by atoms with E-state index < -0.39 is 16.1 Å². The number of anilines is 1. The lowest BCUT2D eigenvalue weighted by Gasteiger charge is -2.54. The van der Waals surface area contributed by atoms with E-state index in [0.717, 1.165) is 24.3 Å². The first-order valence-electron chi connectivity index (χ1n) is 10.5. The zero-order valence-corrected chi connectivity index (χ0v) is 18.7. The average Bonchev–Trinajstić information content (AvgIpc) is 3.54. The summed E-state index contributed by atoms with van der Waals surface area (Å²) >= 11 is 1.44. The van der Waals surface area contributed by atoms with Crippen molar-refractivity contribution >= 4 is 44.6 Å². The fourth-order valence-electron chi connectivity index (χ4n) is 4.99. The fourth-order valence-corrected chi connectivity index (χ4v) is 7.29. The molecule has 2 atom stereocenters. The molecule has 1 aromatic carbocycles. The van der Waals surface area contributed by atoms with Crippen LogP contribution in [-0.2, 0) is 10.0 Å². The molecule has 4 saturated heterocycles. The van der Waals surface area contributed by atoms with Crippen LogP contribution in [-0.4, -0.2) is 77.1 Å². The van der Waals surface area contributed by atoms with E-state index in [1.54, 1.807) is 18.3 Å². The minimum absolute atomic E-state index is 0.104. The van der Waals surface area contributed by atoms with E-state index in [9.17, 15) is 18.3 Å². The second-order valence-corrected chi connectivity index (χ2v) is 11.2. The number of rotatable bonds is 4. The Morgan fingerprint density at radius 3 is 2.59 bits per heavy atom. The van der Waals surface area contributed by atoms with Crippen LogP contribution in [0.3, 0.4) is 0 Å². The molecule has 2 aromatic heterocycles. The van der Waals surface area contributed by atoms with E-state index in [2.05, 4.69) is 9.97 Å². The predicted molar refractivity (Wildman–Crippen MR) is 117 cm³/mol. The third-order valence-corrected chi connectivity index (χ3v) is 9.26. The molecule has 12 heteroatoms. The number of fused-ring (bicyclic) bond motifs is 3. The number of sulfonamides is 1. The van der Waals surface area contributed by atoms with Crippen LogP contribution < -0.4 is 4.90 Å². The number of benzene rings is 1. The van der Waals surface area contributed by atoms with Gasteiger partial charge < -0.3 is 14.4 Å². The molecule has 0 radical (unpaired) electrons. The molecule has 6 heterocycles. The molecule has 2 unspecified atom stereocenters. The van der Waals surface area contributed by atoms with Crippen LogP contribution in [0.1, 0.15) is 19.3 Å². The zero-order chi connectivity index (χ0) is 22.0. The Hall–Kier alpha value is -2.70. The highest BCUT2D eigenvalue weighted by molar-refractivity contribution is 7.89. The molecule has 0 spiro atoms. The Morgan fingerprint density at radius 1 is 1.19 bits per heavy atom. The molecule has 7 rings (SSSR count). The van der Waals surface area contributed by atoms with Gasteiger partial charge in [-0.1, -0.05) is 0 Å². The van der Waals surface area contributed by atoms with Crippen LogP contribution in [0.25, 0.3) is 21.7 Å². The highest BCUT2D eigenvalue weighted by atomic mass is 32.2. The van der Waals surface area contributed by atoms with Crippen molar-refractivity contribution in [1.82, 2.24) is 19.2 Å². The summed E-state index contributed by atoms with van der Waals surface area (Å²) in [7, 11) is -3.70. The smallest absolute Gasteiger partial charge is 0.407 e. The quantitative estimate of drug-likeness (QED) is 0.612. The number of hydrogen-bond donors (Lipinski definition) is 1. The van der Waals surface area contributed by atoms with Gasteiger partial charge in [0.05, 0.1) is 17.6 Å². The van der Waals surface area contributed by atoms with Gasteiger partial charge in [0, 0.05) is 37.8 Å². The van der Waals surface area contributed by atoms with Gasteiger partial charge in [0.1, 0.15) is 15.4 Å². The number of carbonyl (C=O) groups is 1. The van der Waals surface area contributed by atoms with Gasteiger partial charge in [-0.25, -0.2) is 18.2 Å². The van der Waals surface area contributed by atoms with Gasteiger partial charge in [-0.05, 0) is 31.4 Å². The lowest BCUT2D eigenvalue weighted by Crippen LogP contribution is -2.70. The molecule has 10 nitrogen and oxygen atoms in total. The Balaban J connectivity index is 1.45. The van der Waals surface area contributed by atoms with E-state index in [1.807, 2.05) is 10.3 Å². The standard InChI is InChI=1S/C20H21N5O5S2/c26-20(27)25-12-9-13(25)11-23(10-12)19-22-16-15(32(28,29)24-6-1-2-7-24)4-3-14(17(16)30-19)18-21-5-8-31-18/h3-5,8,12-13H,1-2,6-7,9-11H2,(H,26,27). The molecule has 168 valence electrons. The number of nitrogens with zero attached hydrogens (tertiary/aromatic N) is 5. The molecule has 1 N–H and O–H groups in total. The largest absolute Gasteiger partial charge is 0.465 e. The van der Waals surface area contributed by atoms with Gasteiger partial charge >= 0.3 is 6.09 Å². The SMILES string of the molecule is O=C(O)N1C2CC1CN(c1nc3c(S(=O)(=O)N4CCCC4)ccc(-c4nccs4)c3o1)C2. The van der Waals surface area contributed by atoms with Gasteiger partial charge in [0.2, 0.25) is 10.0 Å². The molecule has 0 saturated carbocycles. The van der Waals surface area contributed by atoms with Gasteiger partial charge in [-0.3, -0.25) is 4.90 Å². The van der Waals surface area contributed by atoms with Crippen LogP contribution in [0.5, 0.6) is 0 Å². The van der Waals surface area contributed by atoms with Crippen LogP contribution in [0.2, 0.25) is 0 Å². The lowest BCUT2D eigenvalue weighted by atomic mass is 9.88. The van der Waals surface area contributed by atoms with Crippen molar-refractivity contribution in [3.05, 3.63) is 23.7 Å². The highest BCUT2D eigenvalue weighted by Gasteiger charge is 2.48. The monoisotopic (exact) mass is 475 g/mol. The zero-order valence-electron chi connectivity index (χ0n) is 17.0. The summed E-state index contributed by atoms with van der Waals surface area (Å²) in [6, 6.07) is 3.44. The average molecular weight is 476 g/mol. The van der Waals surface area contributed by atoms with Gasteiger partial charge in [0.25, 0.3) is 6.01 Å². The van der Waals surface area contributed by atoms with Crippen LogP contribution in [0.4, 0.5) is 10.8 Å². The van der Waals surface area contributed by atoms with Crippen LogP contribution in [0.15, 0.2) is 33.0 Å². The maximum atomic E-state index is 13.4. The number of thiazole rings is 1. The van der Waals surface area contributed by atoms with E-state index >= 15 is 0 Å². The summed E-state index contributed by atoms with van der Waals surface area (Å²) in [5, 5.41) is 11.9. The van der Waals surface area contributed by atoms with Crippen molar-refractivity contribution < 1.29 is 22.7 Å². The molecule has 3 aromatic rings. The topological polar surface area (TPSA) is 120 Å². The number of piperazine rings is 1. The first-order valence-corrected chi connectivity index (χ1v) is 12.9. The minimum atomic E-state index is -3.70. The third-order valence-electron chi connectivity index (χ3n) is 6.53.